The van der Waals surface area contributed by atoms with Crippen molar-refractivity contribution in [1.82, 2.24) is 9.55 Å². The number of nitrogens with zero attached hydrogens (tertiary/aromatic N) is 2. The van der Waals surface area contributed by atoms with Gasteiger partial charge < -0.3 is 9.30 Å². The lowest BCUT2D eigenvalue weighted by atomic mass is 10.2. The molecule has 3 heterocycles. The van der Waals surface area contributed by atoms with Crippen LogP contribution in [-0.4, -0.2) is 16.2 Å². The van der Waals surface area contributed by atoms with E-state index < -0.39 is 0 Å². The average molecular weight is 348 g/mol. The summed E-state index contributed by atoms with van der Waals surface area (Å²) in [5.41, 5.74) is 1.92. The second-order valence-corrected chi connectivity index (χ2v) is 6.55. The van der Waals surface area contributed by atoms with Crippen molar-refractivity contribution < 1.29 is 4.74 Å². The highest BCUT2D eigenvalue weighted by Crippen LogP contribution is 2.24. The first-order chi connectivity index (χ1) is 12.3. The van der Waals surface area contributed by atoms with Crippen molar-refractivity contribution in [3.05, 3.63) is 82.7 Å². The molecule has 0 aliphatic rings. The highest BCUT2D eigenvalue weighted by atomic mass is 32.1. The molecule has 4 rings (SSSR count). The summed E-state index contributed by atoms with van der Waals surface area (Å²) in [5.74, 6) is 0.785. The van der Waals surface area contributed by atoms with Gasteiger partial charge in [-0.25, -0.2) is 0 Å². The Bertz CT molecular complexity index is 1050. The van der Waals surface area contributed by atoms with E-state index >= 15 is 0 Å². The van der Waals surface area contributed by atoms with Crippen LogP contribution >= 0.6 is 11.3 Å². The fourth-order valence-electron chi connectivity index (χ4n) is 2.74. The zero-order chi connectivity index (χ0) is 17.1. The standard InChI is InChI=1S/C20H16N2O2S/c23-20-8-7-15(19-6-3-13-25-19)14-22(20)11-12-24-18-9-10-21-17-5-2-1-4-16(17)18/h1-10,13-14H,11-12H2. The van der Waals surface area contributed by atoms with Gasteiger partial charge in [-0.1, -0.05) is 18.2 Å². The normalized spacial score (nSPS) is 10.9. The summed E-state index contributed by atoms with van der Waals surface area (Å²) in [6, 6.07) is 17.2. The molecular weight excluding hydrogens is 332 g/mol. The molecule has 0 radical (unpaired) electrons. The van der Waals surface area contributed by atoms with E-state index in [2.05, 4.69) is 11.1 Å². The van der Waals surface area contributed by atoms with Crippen molar-refractivity contribution >= 4 is 22.2 Å². The minimum absolute atomic E-state index is 0.0245. The molecule has 1 aromatic carbocycles. The molecule has 0 spiro atoms. The Kier molecular flexibility index (Phi) is 4.31. The van der Waals surface area contributed by atoms with Gasteiger partial charge in [-0.05, 0) is 35.7 Å². The van der Waals surface area contributed by atoms with Crippen LogP contribution in [0.4, 0.5) is 0 Å². The lowest BCUT2D eigenvalue weighted by molar-refractivity contribution is 0.299. The van der Waals surface area contributed by atoms with Gasteiger partial charge in [-0.3, -0.25) is 9.78 Å². The van der Waals surface area contributed by atoms with Gasteiger partial charge in [0.25, 0.3) is 5.56 Å². The number of fused-ring (bicyclic) bond motifs is 1. The van der Waals surface area contributed by atoms with E-state index in [9.17, 15) is 4.79 Å². The maximum atomic E-state index is 12.1. The lowest BCUT2D eigenvalue weighted by Gasteiger charge is -2.11. The third kappa shape index (κ3) is 3.32. The highest BCUT2D eigenvalue weighted by Gasteiger charge is 2.05. The van der Waals surface area contributed by atoms with Crippen LogP contribution in [-0.2, 0) is 6.54 Å². The maximum Gasteiger partial charge on any atom is 0.250 e. The Labute approximate surface area is 149 Å². The molecule has 3 aromatic heterocycles. The summed E-state index contributed by atoms with van der Waals surface area (Å²) in [6.07, 6.45) is 3.63. The molecule has 0 aliphatic carbocycles. The molecule has 0 fully saturated rings. The van der Waals surface area contributed by atoms with Crippen LogP contribution in [0.1, 0.15) is 0 Å². The zero-order valence-corrected chi connectivity index (χ0v) is 14.3. The maximum absolute atomic E-state index is 12.1. The Morgan fingerprint density at radius 1 is 1.04 bits per heavy atom. The average Bonchev–Trinajstić information content (AvgIpc) is 3.18. The fourth-order valence-corrected chi connectivity index (χ4v) is 3.46. The molecule has 4 nitrogen and oxygen atoms in total. The van der Waals surface area contributed by atoms with Gasteiger partial charge in [-0.15, -0.1) is 11.3 Å². The molecule has 0 unspecified atom stereocenters. The summed E-state index contributed by atoms with van der Waals surface area (Å²) < 4.78 is 7.60. The van der Waals surface area contributed by atoms with Gasteiger partial charge in [0.15, 0.2) is 0 Å². The van der Waals surface area contributed by atoms with Crippen LogP contribution in [0.2, 0.25) is 0 Å². The van der Waals surface area contributed by atoms with Crippen molar-refractivity contribution in [2.24, 2.45) is 0 Å². The van der Waals surface area contributed by atoms with Gasteiger partial charge in [-0.2, -0.15) is 0 Å². The molecule has 0 N–H and O–H groups in total. The molecule has 0 aliphatic heterocycles. The smallest absolute Gasteiger partial charge is 0.250 e. The second kappa shape index (κ2) is 6.91. The van der Waals surface area contributed by atoms with Gasteiger partial charge in [0, 0.05) is 34.3 Å². The van der Waals surface area contributed by atoms with Gasteiger partial charge >= 0.3 is 0 Å². The summed E-state index contributed by atoms with van der Waals surface area (Å²) in [5, 5.41) is 3.01. The number of ether oxygens (including phenoxy) is 1. The number of aromatic nitrogens is 2. The molecule has 0 amide bonds. The summed E-state index contributed by atoms with van der Waals surface area (Å²) in [6.45, 7) is 0.913. The molecule has 0 saturated carbocycles. The third-order valence-electron chi connectivity index (χ3n) is 3.99. The first-order valence-electron chi connectivity index (χ1n) is 8.02. The van der Waals surface area contributed by atoms with E-state index in [1.165, 1.54) is 0 Å². The molecule has 124 valence electrons. The van der Waals surface area contributed by atoms with Crippen LogP contribution in [0, 0.1) is 0 Å². The van der Waals surface area contributed by atoms with E-state index in [-0.39, 0.29) is 5.56 Å². The quantitative estimate of drug-likeness (QED) is 0.543. The highest BCUT2D eigenvalue weighted by molar-refractivity contribution is 7.13. The number of hydrogen-bond acceptors (Lipinski definition) is 4. The molecule has 0 bridgehead atoms. The molecular formula is C20H16N2O2S. The Morgan fingerprint density at radius 3 is 2.84 bits per heavy atom. The van der Waals surface area contributed by atoms with Crippen LogP contribution < -0.4 is 10.3 Å². The predicted octanol–water partition coefficient (Wildman–Crippen LogP) is 4.20. The predicted molar refractivity (Wildman–Crippen MR) is 101 cm³/mol. The monoisotopic (exact) mass is 348 g/mol. The van der Waals surface area contributed by atoms with Crippen molar-refractivity contribution in [3.8, 4) is 16.2 Å². The van der Waals surface area contributed by atoms with E-state index in [1.807, 2.05) is 54.0 Å². The number of thiophene rings is 1. The Morgan fingerprint density at radius 2 is 1.96 bits per heavy atom. The number of pyridine rings is 2. The summed E-state index contributed by atoms with van der Waals surface area (Å²) in [4.78, 5) is 17.6. The van der Waals surface area contributed by atoms with Crippen molar-refractivity contribution in [1.29, 1.82) is 0 Å². The Balaban J connectivity index is 1.52. The number of hydrogen-bond donors (Lipinski definition) is 0. The summed E-state index contributed by atoms with van der Waals surface area (Å²) >= 11 is 1.66. The van der Waals surface area contributed by atoms with Gasteiger partial charge in [0.2, 0.25) is 0 Å². The van der Waals surface area contributed by atoms with Crippen LogP contribution in [0.3, 0.4) is 0 Å². The number of benzene rings is 1. The largest absolute Gasteiger partial charge is 0.491 e. The van der Waals surface area contributed by atoms with Crippen molar-refractivity contribution in [3.63, 3.8) is 0 Å². The van der Waals surface area contributed by atoms with Gasteiger partial charge in [0.05, 0.1) is 12.1 Å². The van der Waals surface area contributed by atoms with E-state index in [0.29, 0.717) is 13.2 Å². The van der Waals surface area contributed by atoms with Crippen molar-refractivity contribution in [2.75, 3.05) is 6.61 Å². The molecule has 5 heteroatoms. The first kappa shape index (κ1) is 15.6. The number of rotatable bonds is 5. The molecule has 0 saturated heterocycles. The van der Waals surface area contributed by atoms with E-state index in [0.717, 1.165) is 27.1 Å². The second-order valence-electron chi connectivity index (χ2n) is 5.60. The zero-order valence-electron chi connectivity index (χ0n) is 13.5. The van der Waals surface area contributed by atoms with Crippen LogP contribution in [0.25, 0.3) is 21.3 Å². The van der Waals surface area contributed by atoms with E-state index in [1.54, 1.807) is 28.2 Å². The topological polar surface area (TPSA) is 44.1 Å². The Hall–Kier alpha value is -2.92. The number of para-hydroxylation sites is 1. The van der Waals surface area contributed by atoms with Crippen molar-refractivity contribution in [2.45, 2.75) is 6.54 Å². The van der Waals surface area contributed by atoms with Crippen LogP contribution in [0.15, 0.2) is 77.2 Å². The van der Waals surface area contributed by atoms with Gasteiger partial charge in [0.1, 0.15) is 12.4 Å². The van der Waals surface area contributed by atoms with E-state index in [4.69, 9.17) is 4.74 Å². The van der Waals surface area contributed by atoms with Crippen LogP contribution in [0.5, 0.6) is 5.75 Å². The first-order valence-corrected chi connectivity index (χ1v) is 8.90. The summed E-state index contributed by atoms with van der Waals surface area (Å²) in [7, 11) is 0. The SMILES string of the molecule is O=c1ccc(-c2cccs2)cn1CCOc1ccnc2ccccc12. The third-order valence-corrected chi connectivity index (χ3v) is 4.91. The molecule has 0 atom stereocenters. The fraction of sp³-hybridized carbons (Fsp3) is 0.100. The molecule has 25 heavy (non-hydrogen) atoms. The molecule has 4 aromatic rings. The minimum atomic E-state index is -0.0245. The lowest BCUT2D eigenvalue weighted by Crippen LogP contribution is -2.21. The minimum Gasteiger partial charge on any atom is -0.491 e.